The Kier molecular flexibility index (Phi) is 4.88. The summed E-state index contributed by atoms with van der Waals surface area (Å²) < 4.78 is 34.5. The number of fused-ring (bicyclic) bond motifs is 1. The highest BCUT2D eigenvalue weighted by Crippen LogP contribution is 2.33. The second-order valence-corrected chi connectivity index (χ2v) is 7.39. The van der Waals surface area contributed by atoms with Crippen LogP contribution in [-0.4, -0.2) is 34.1 Å². The van der Waals surface area contributed by atoms with E-state index < -0.39 is 11.6 Å². The van der Waals surface area contributed by atoms with Gasteiger partial charge in [0.05, 0.1) is 23.7 Å². The molecule has 2 N–H and O–H groups in total. The molecular weight excluding hydrogens is 386 g/mol. The monoisotopic (exact) mass is 406 g/mol. The Morgan fingerprint density at radius 3 is 2.73 bits per heavy atom. The van der Waals surface area contributed by atoms with Crippen LogP contribution in [0.4, 0.5) is 8.78 Å². The number of hydrogen-bond donors (Lipinski definition) is 2. The van der Waals surface area contributed by atoms with Gasteiger partial charge in [-0.3, -0.25) is 4.98 Å². The Balaban J connectivity index is 1.53. The summed E-state index contributed by atoms with van der Waals surface area (Å²) in [4.78, 5) is 12.1. The van der Waals surface area contributed by atoms with E-state index in [9.17, 15) is 8.78 Å². The second kappa shape index (κ2) is 7.84. The van der Waals surface area contributed by atoms with E-state index in [-0.39, 0.29) is 11.7 Å². The molecule has 0 bridgehead atoms. The van der Waals surface area contributed by atoms with Gasteiger partial charge in [-0.25, -0.2) is 13.8 Å². The Morgan fingerprint density at radius 2 is 1.93 bits per heavy atom. The van der Waals surface area contributed by atoms with Gasteiger partial charge in [-0.1, -0.05) is 12.1 Å². The zero-order valence-electron chi connectivity index (χ0n) is 16.2. The van der Waals surface area contributed by atoms with Gasteiger partial charge < -0.3 is 15.0 Å². The third kappa shape index (κ3) is 3.52. The lowest BCUT2D eigenvalue weighted by Gasteiger charge is -2.23. The number of benzene rings is 2. The largest absolute Gasteiger partial charge is 0.472 e. The smallest absolute Gasteiger partial charge is 0.233 e. The van der Waals surface area contributed by atoms with E-state index in [1.165, 1.54) is 18.2 Å². The lowest BCUT2D eigenvalue weighted by atomic mass is 10.0. The Labute approximate surface area is 172 Å². The molecule has 3 heterocycles. The molecule has 0 amide bonds. The van der Waals surface area contributed by atoms with Crippen molar-refractivity contribution in [3.8, 4) is 28.3 Å². The molecule has 7 heteroatoms. The fourth-order valence-corrected chi connectivity index (χ4v) is 3.89. The van der Waals surface area contributed by atoms with E-state index in [0.29, 0.717) is 17.1 Å². The second-order valence-electron chi connectivity index (χ2n) is 7.39. The minimum absolute atomic E-state index is 0.0421. The van der Waals surface area contributed by atoms with Gasteiger partial charge in [0.2, 0.25) is 5.88 Å². The SMILES string of the molecule is Fc1cccc(F)c1-c1ccc2[nH]cc(-c3cncc(O[C@@H]4CCCNC4)n3)c2c1. The van der Waals surface area contributed by atoms with Crippen molar-refractivity contribution in [3.63, 3.8) is 0 Å². The van der Waals surface area contributed by atoms with Crippen LogP contribution in [0.25, 0.3) is 33.3 Å². The summed E-state index contributed by atoms with van der Waals surface area (Å²) in [6.45, 7) is 1.79. The van der Waals surface area contributed by atoms with Crippen LogP contribution in [0.15, 0.2) is 55.0 Å². The Hall–Kier alpha value is -3.32. The average Bonchev–Trinajstić information content (AvgIpc) is 3.18. The molecule has 5 rings (SSSR count). The zero-order chi connectivity index (χ0) is 20.5. The van der Waals surface area contributed by atoms with Crippen LogP contribution in [0.3, 0.4) is 0 Å². The van der Waals surface area contributed by atoms with Crippen LogP contribution in [0.1, 0.15) is 12.8 Å². The van der Waals surface area contributed by atoms with Crippen LogP contribution >= 0.6 is 0 Å². The Morgan fingerprint density at radius 1 is 1.07 bits per heavy atom. The molecule has 1 fully saturated rings. The molecule has 0 aliphatic carbocycles. The lowest BCUT2D eigenvalue weighted by molar-refractivity contribution is 0.160. The highest BCUT2D eigenvalue weighted by atomic mass is 19.1. The van der Waals surface area contributed by atoms with Crippen molar-refractivity contribution in [3.05, 3.63) is 66.6 Å². The van der Waals surface area contributed by atoms with Crippen LogP contribution in [0, 0.1) is 11.6 Å². The van der Waals surface area contributed by atoms with Crippen molar-refractivity contribution in [1.29, 1.82) is 0 Å². The first-order valence-electron chi connectivity index (χ1n) is 9.94. The summed E-state index contributed by atoms with van der Waals surface area (Å²) in [6, 6.07) is 9.15. The molecule has 30 heavy (non-hydrogen) atoms. The third-order valence-corrected chi connectivity index (χ3v) is 5.36. The summed E-state index contributed by atoms with van der Waals surface area (Å²) in [5.74, 6) is -0.725. The summed E-state index contributed by atoms with van der Waals surface area (Å²) in [6.07, 6.45) is 7.20. The molecule has 152 valence electrons. The molecule has 0 unspecified atom stereocenters. The Bertz CT molecular complexity index is 1180. The summed E-state index contributed by atoms with van der Waals surface area (Å²) >= 11 is 0. The predicted octanol–water partition coefficient (Wildman–Crippen LogP) is 4.70. The van der Waals surface area contributed by atoms with E-state index in [0.717, 1.165) is 42.4 Å². The number of hydrogen-bond acceptors (Lipinski definition) is 4. The molecule has 1 atom stereocenters. The van der Waals surface area contributed by atoms with Gasteiger partial charge in [-0.2, -0.15) is 0 Å². The van der Waals surface area contributed by atoms with E-state index in [4.69, 9.17) is 4.74 Å². The van der Waals surface area contributed by atoms with Crippen molar-refractivity contribution in [2.24, 2.45) is 0 Å². The van der Waals surface area contributed by atoms with Gasteiger partial charge in [0.15, 0.2) is 0 Å². The minimum atomic E-state index is -0.595. The summed E-state index contributed by atoms with van der Waals surface area (Å²) in [5, 5.41) is 4.12. The fourth-order valence-electron chi connectivity index (χ4n) is 3.89. The number of piperidine rings is 1. The van der Waals surface area contributed by atoms with E-state index >= 15 is 0 Å². The van der Waals surface area contributed by atoms with Crippen molar-refractivity contribution in [2.75, 3.05) is 13.1 Å². The number of nitrogens with one attached hydrogen (secondary N) is 2. The van der Waals surface area contributed by atoms with E-state index in [2.05, 4.69) is 20.3 Å². The lowest BCUT2D eigenvalue weighted by Crippen LogP contribution is -2.37. The van der Waals surface area contributed by atoms with Crippen LogP contribution in [-0.2, 0) is 0 Å². The first-order valence-corrected chi connectivity index (χ1v) is 9.94. The van der Waals surface area contributed by atoms with Gasteiger partial charge in [-0.05, 0) is 49.2 Å². The first kappa shape index (κ1) is 18.7. The van der Waals surface area contributed by atoms with Gasteiger partial charge in [0.1, 0.15) is 17.7 Å². The summed E-state index contributed by atoms with van der Waals surface area (Å²) in [7, 11) is 0. The predicted molar refractivity (Wildman–Crippen MR) is 111 cm³/mol. The highest BCUT2D eigenvalue weighted by Gasteiger charge is 2.17. The van der Waals surface area contributed by atoms with E-state index in [1.807, 2.05) is 12.3 Å². The normalized spacial score (nSPS) is 16.7. The molecule has 2 aromatic carbocycles. The molecule has 2 aromatic heterocycles. The number of nitrogens with zero attached hydrogens (tertiary/aromatic N) is 2. The van der Waals surface area contributed by atoms with Crippen molar-refractivity contribution in [1.82, 2.24) is 20.3 Å². The average molecular weight is 406 g/mol. The van der Waals surface area contributed by atoms with Gasteiger partial charge >= 0.3 is 0 Å². The molecule has 1 aliphatic heterocycles. The van der Waals surface area contributed by atoms with Crippen LogP contribution < -0.4 is 10.1 Å². The van der Waals surface area contributed by atoms with Gasteiger partial charge in [0.25, 0.3) is 0 Å². The van der Waals surface area contributed by atoms with Crippen LogP contribution in [0.2, 0.25) is 0 Å². The molecule has 0 saturated carbocycles. The van der Waals surface area contributed by atoms with Crippen molar-refractivity contribution >= 4 is 10.9 Å². The third-order valence-electron chi connectivity index (χ3n) is 5.36. The fraction of sp³-hybridized carbons (Fsp3) is 0.217. The molecule has 0 radical (unpaired) electrons. The number of rotatable bonds is 4. The van der Waals surface area contributed by atoms with Crippen LogP contribution in [0.5, 0.6) is 5.88 Å². The quantitative estimate of drug-likeness (QED) is 0.516. The molecule has 0 spiro atoms. The molecule has 1 saturated heterocycles. The molecule has 4 aromatic rings. The number of halogens is 2. The molecule has 5 nitrogen and oxygen atoms in total. The van der Waals surface area contributed by atoms with Gasteiger partial charge in [-0.15, -0.1) is 0 Å². The minimum Gasteiger partial charge on any atom is -0.472 e. The van der Waals surface area contributed by atoms with Gasteiger partial charge in [0, 0.05) is 29.2 Å². The van der Waals surface area contributed by atoms with E-state index in [1.54, 1.807) is 24.5 Å². The number of aromatic amines is 1. The van der Waals surface area contributed by atoms with Crippen molar-refractivity contribution < 1.29 is 13.5 Å². The standard InChI is InChI=1S/C23H20F2N4O/c24-18-4-1-5-19(25)23(18)14-6-7-20-16(9-14)17(11-28-20)21-12-27-13-22(29-21)30-15-3-2-8-26-10-15/h1,4-7,9,11-13,15,26,28H,2-3,8,10H2/t15-/m1/s1. The maximum atomic E-state index is 14.3. The number of ether oxygens (including phenoxy) is 1. The topological polar surface area (TPSA) is 62.8 Å². The molecular formula is C23H20F2N4O. The molecule has 1 aliphatic rings. The van der Waals surface area contributed by atoms with Crippen molar-refractivity contribution in [2.45, 2.75) is 18.9 Å². The maximum Gasteiger partial charge on any atom is 0.233 e. The number of H-pyrrole nitrogens is 1. The zero-order valence-corrected chi connectivity index (χ0v) is 16.2. The summed E-state index contributed by atoms with van der Waals surface area (Å²) in [5.41, 5.74) is 2.69. The first-order chi connectivity index (χ1) is 14.7. The number of aromatic nitrogens is 3. The highest BCUT2D eigenvalue weighted by molar-refractivity contribution is 5.97. The maximum absolute atomic E-state index is 14.3.